The number of hydrogen-bond donors (Lipinski definition) is 1. The van der Waals surface area contributed by atoms with Gasteiger partial charge in [-0.25, -0.2) is 0 Å². The highest BCUT2D eigenvalue weighted by atomic mass is 35.5. The molecule has 4 nitrogen and oxygen atoms in total. The third-order valence-electron chi connectivity index (χ3n) is 5.71. The van der Waals surface area contributed by atoms with Gasteiger partial charge in [0, 0.05) is 30.9 Å². The topological polar surface area (TPSA) is 33.7 Å². The fraction of sp³-hybridized carbons (Fsp3) is 0.333. The van der Waals surface area contributed by atoms with E-state index in [9.17, 15) is 0 Å². The van der Waals surface area contributed by atoms with E-state index in [-0.39, 0.29) is 0 Å². The van der Waals surface area contributed by atoms with Gasteiger partial charge in [0.15, 0.2) is 11.5 Å². The number of ether oxygens (including phenoxy) is 2. The van der Waals surface area contributed by atoms with Crippen molar-refractivity contribution in [3.8, 4) is 11.5 Å². The minimum atomic E-state index is 0.494. The molecule has 32 heavy (non-hydrogen) atoms. The number of halogens is 1. The van der Waals surface area contributed by atoms with E-state index in [1.165, 1.54) is 19.3 Å². The molecule has 3 aromatic carbocycles. The Kier molecular flexibility index (Phi) is 7.78. The Labute approximate surface area is 196 Å². The number of anilines is 2. The van der Waals surface area contributed by atoms with Gasteiger partial charge in [0.2, 0.25) is 0 Å². The number of piperidine rings is 1. The zero-order valence-electron chi connectivity index (χ0n) is 18.6. The molecule has 5 heteroatoms. The second-order valence-corrected chi connectivity index (χ2v) is 8.43. The first kappa shape index (κ1) is 22.3. The van der Waals surface area contributed by atoms with Crippen LogP contribution in [0.3, 0.4) is 0 Å². The predicted octanol–water partition coefficient (Wildman–Crippen LogP) is 6.92. The lowest BCUT2D eigenvalue weighted by molar-refractivity contribution is 0.267. The summed E-state index contributed by atoms with van der Waals surface area (Å²) < 4.78 is 12.1. The molecule has 1 N–H and O–H groups in total. The molecule has 0 unspecified atom stereocenters. The Hall–Kier alpha value is -2.85. The fourth-order valence-corrected chi connectivity index (χ4v) is 4.37. The molecule has 1 aliphatic rings. The van der Waals surface area contributed by atoms with Crippen molar-refractivity contribution in [1.82, 2.24) is 0 Å². The number of para-hydroxylation sites is 1. The number of nitrogens with zero attached hydrogens (tertiary/aromatic N) is 1. The summed E-state index contributed by atoms with van der Waals surface area (Å²) in [6, 6.07) is 22.4. The van der Waals surface area contributed by atoms with Gasteiger partial charge in [-0.2, -0.15) is 0 Å². The van der Waals surface area contributed by atoms with Crippen LogP contribution in [0.25, 0.3) is 0 Å². The molecule has 0 radical (unpaired) electrons. The van der Waals surface area contributed by atoms with E-state index in [4.69, 9.17) is 21.1 Å². The minimum Gasteiger partial charge on any atom is -0.490 e. The van der Waals surface area contributed by atoms with Crippen LogP contribution >= 0.6 is 11.6 Å². The summed E-state index contributed by atoms with van der Waals surface area (Å²) in [5, 5.41) is 4.29. The summed E-state index contributed by atoms with van der Waals surface area (Å²) in [5.41, 5.74) is 4.29. The summed E-state index contributed by atoms with van der Waals surface area (Å²) in [5.74, 6) is 1.54. The summed E-state index contributed by atoms with van der Waals surface area (Å²) in [6.45, 7) is 5.85. The van der Waals surface area contributed by atoms with Crippen LogP contribution in [0.4, 0.5) is 11.4 Å². The Bertz CT molecular complexity index is 1000. The molecule has 168 valence electrons. The predicted molar refractivity (Wildman–Crippen MR) is 133 cm³/mol. The van der Waals surface area contributed by atoms with Crippen LogP contribution in [-0.4, -0.2) is 19.7 Å². The monoisotopic (exact) mass is 450 g/mol. The van der Waals surface area contributed by atoms with E-state index in [1.54, 1.807) is 0 Å². The second-order valence-electron chi connectivity index (χ2n) is 8.02. The zero-order chi connectivity index (χ0) is 22.2. The smallest absolute Gasteiger partial charge is 0.166 e. The van der Waals surface area contributed by atoms with Crippen molar-refractivity contribution in [2.75, 3.05) is 29.9 Å². The highest BCUT2D eigenvalue weighted by Crippen LogP contribution is 2.34. The van der Waals surface area contributed by atoms with Crippen molar-refractivity contribution >= 4 is 23.0 Å². The Balaban J connectivity index is 1.47. The van der Waals surface area contributed by atoms with Gasteiger partial charge in [0.25, 0.3) is 0 Å². The van der Waals surface area contributed by atoms with Crippen LogP contribution in [0.2, 0.25) is 5.02 Å². The van der Waals surface area contributed by atoms with Crippen LogP contribution in [-0.2, 0) is 13.2 Å². The maximum absolute atomic E-state index is 6.63. The fourth-order valence-electron chi connectivity index (χ4n) is 4.07. The molecule has 1 aliphatic heterocycles. The molecular formula is C27H31ClN2O2. The molecule has 0 saturated carbocycles. The number of benzene rings is 3. The van der Waals surface area contributed by atoms with E-state index in [0.29, 0.717) is 19.8 Å². The van der Waals surface area contributed by atoms with Crippen molar-refractivity contribution < 1.29 is 9.47 Å². The molecule has 1 saturated heterocycles. The van der Waals surface area contributed by atoms with Gasteiger partial charge in [-0.1, -0.05) is 54.1 Å². The Morgan fingerprint density at radius 3 is 2.47 bits per heavy atom. The molecule has 1 fully saturated rings. The second kappa shape index (κ2) is 11.1. The van der Waals surface area contributed by atoms with Gasteiger partial charge >= 0.3 is 0 Å². The quantitative estimate of drug-likeness (QED) is 0.383. The third-order valence-corrected chi connectivity index (χ3v) is 6.02. The molecule has 0 spiro atoms. The van der Waals surface area contributed by atoms with Crippen LogP contribution in [0, 0.1) is 0 Å². The van der Waals surface area contributed by atoms with Crippen molar-refractivity contribution in [3.05, 3.63) is 82.9 Å². The van der Waals surface area contributed by atoms with Gasteiger partial charge in [-0.15, -0.1) is 0 Å². The van der Waals surface area contributed by atoms with Crippen molar-refractivity contribution in [3.63, 3.8) is 0 Å². The maximum atomic E-state index is 6.63. The molecule has 0 atom stereocenters. The van der Waals surface area contributed by atoms with E-state index >= 15 is 0 Å². The molecule has 0 aromatic heterocycles. The van der Waals surface area contributed by atoms with E-state index in [1.807, 2.05) is 43.3 Å². The van der Waals surface area contributed by atoms with Gasteiger partial charge < -0.3 is 19.7 Å². The maximum Gasteiger partial charge on any atom is 0.166 e. The molecule has 3 aromatic rings. The number of hydrogen-bond acceptors (Lipinski definition) is 4. The van der Waals surface area contributed by atoms with Crippen molar-refractivity contribution in [2.45, 2.75) is 39.3 Å². The summed E-state index contributed by atoms with van der Waals surface area (Å²) in [7, 11) is 0. The first-order chi connectivity index (χ1) is 15.7. The highest BCUT2D eigenvalue weighted by Gasteiger charge is 2.15. The first-order valence-electron chi connectivity index (χ1n) is 11.4. The van der Waals surface area contributed by atoms with Crippen molar-refractivity contribution in [1.29, 1.82) is 0 Å². The minimum absolute atomic E-state index is 0.494. The summed E-state index contributed by atoms with van der Waals surface area (Å²) in [4.78, 5) is 2.39. The molecule has 0 bridgehead atoms. The van der Waals surface area contributed by atoms with Crippen LogP contribution in [0.15, 0.2) is 66.7 Å². The summed E-state index contributed by atoms with van der Waals surface area (Å²) in [6.07, 6.45) is 3.78. The Morgan fingerprint density at radius 2 is 1.72 bits per heavy atom. The largest absolute Gasteiger partial charge is 0.490 e. The normalized spacial score (nSPS) is 13.6. The average molecular weight is 451 g/mol. The van der Waals surface area contributed by atoms with E-state index in [2.05, 4.69) is 40.5 Å². The van der Waals surface area contributed by atoms with E-state index < -0.39 is 0 Å². The average Bonchev–Trinajstić information content (AvgIpc) is 2.83. The molecule has 4 rings (SSSR count). The lowest BCUT2D eigenvalue weighted by Crippen LogP contribution is -2.29. The highest BCUT2D eigenvalue weighted by molar-refractivity contribution is 6.33. The van der Waals surface area contributed by atoms with Crippen LogP contribution in [0.5, 0.6) is 11.5 Å². The number of nitrogens with one attached hydrogen (secondary N) is 1. The van der Waals surface area contributed by atoms with Crippen LogP contribution < -0.4 is 19.7 Å². The van der Waals surface area contributed by atoms with E-state index in [0.717, 1.165) is 52.1 Å². The lowest BCUT2D eigenvalue weighted by Gasteiger charge is -2.29. The first-order valence-corrected chi connectivity index (χ1v) is 11.8. The van der Waals surface area contributed by atoms with Gasteiger partial charge in [0.05, 0.1) is 17.3 Å². The van der Waals surface area contributed by atoms with Gasteiger partial charge in [0.1, 0.15) is 6.61 Å². The van der Waals surface area contributed by atoms with Crippen LogP contribution in [0.1, 0.15) is 37.3 Å². The molecule has 0 amide bonds. The third kappa shape index (κ3) is 5.68. The number of rotatable bonds is 9. The molecule has 0 aliphatic carbocycles. The summed E-state index contributed by atoms with van der Waals surface area (Å²) >= 11 is 6.63. The lowest BCUT2D eigenvalue weighted by atomic mass is 10.1. The zero-order valence-corrected chi connectivity index (χ0v) is 19.4. The Morgan fingerprint density at radius 1 is 0.906 bits per heavy atom. The standard InChI is InChI=1S/C27H31ClN2O2/c1-2-31-26-13-9-12-22(27(26)32-20-21-10-5-3-6-11-21)19-29-23-14-15-25(24(28)18-23)30-16-7-4-8-17-30/h3,5-6,9-15,18,29H,2,4,7-8,16-17,19-20H2,1H3. The molecular weight excluding hydrogens is 420 g/mol. The molecule has 1 heterocycles. The van der Waals surface area contributed by atoms with Gasteiger partial charge in [-0.05, 0) is 56.0 Å². The van der Waals surface area contributed by atoms with Crippen molar-refractivity contribution in [2.24, 2.45) is 0 Å². The SMILES string of the molecule is CCOc1cccc(CNc2ccc(N3CCCCC3)c(Cl)c2)c1OCc1ccccc1. The van der Waals surface area contributed by atoms with Gasteiger partial charge in [-0.3, -0.25) is 0 Å².